The number of carbonyl (C=O) groups is 2. The highest BCUT2D eigenvalue weighted by Gasteiger charge is 2.58. The van der Waals surface area contributed by atoms with Crippen molar-refractivity contribution in [3.05, 3.63) is 45.2 Å². The summed E-state index contributed by atoms with van der Waals surface area (Å²) in [4.78, 5) is 38.5. The Bertz CT molecular complexity index is 1160. The van der Waals surface area contributed by atoms with E-state index in [1.807, 2.05) is 38.1 Å². The molecule has 0 fully saturated rings. The first kappa shape index (κ1) is 30.9. The second-order valence-electron chi connectivity index (χ2n) is 8.95. The lowest BCUT2D eigenvalue weighted by atomic mass is 9.93. The van der Waals surface area contributed by atoms with Gasteiger partial charge in [0.25, 0.3) is 0 Å². The van der Waals surface area contributed by atoms with Gasteiger partial charge in [-0.1, -0.05) is 25.6 Å². The molecular weight excluding hydrogens is 553 g/mol. The van der Waals surface area contributed by atoms with Gasteiger partial charge in [0.05, 0.1) is 21.1 Å². The summed E-state index contributed by atoms with van der Waals surface area (Å²) < 4.78 is 0. The molecule has 2 N–H and O–H groups in total. The van der Waals surface area contributed by atoms with E-state index in [0.717, 1.165) is 45.9 Å². The van der Waals surface area contributed by atoms with E-state index in [4.69, 9.17) is 9.98 Å². The van der Waals surface area contributed by atoms with E-state index in [1.165, 1.54) is 11.8 Å². The van der Waals surface area contributed by atoms with E-state index >= 15 is 0 Å². The Morgan fingerprint density at radius 3 is 1.36 bits per heavy atom. The molecule has 2 aromatic heterocycles. The minimum Gasteiger partial charge on any atom is -0.478 e. The Labute approximate surface area is 243 Å². The molecule has 212 valence electrons. The Hall–Kier alpha value is -2.63. The lowest BCUT2D eigenvalue weighted by Gasteiger charge is -2.29. The number of nitrogens with zero attached hydrogens (tertiary/aromatic N) is 4. The number of hydrogen-bond acceptors (Lipinski definition) is 9. The van der Waals surface area contributed by atoms with Gasteiger partial charge in [0.2, 0.25) is 0 Å². The summed E-state index contributed by atoms with van der Waals surface area (Å²) in [6.45, 7) is 15.6. The second kappa shape index (κ2) is 13.1. The molecule has 11 heteroatoms. The topological polar surface area (TPSA) is 106 Å². The third kappa shape index (κ3) is 6.25. The van der Waals surface area contributed by atoms with Crippen LogP contribution in [0.5, 0.6) is 0 Å². The van der Waals surface area contributed by atoms with Gasteiger partial charge in [-0.05, 0) is 64.8 Å². The largest absolute Gasteiger partial charge is 0.478 e. The van der Waals surface area contributed by atoms with Gasteiger partial charge in [-0.3, -0.25) is 9.98 Å². The van der Waals surface area contributed by atoms with Crippen LogP contribution < -0.4 is 9.80 Å². The summed E-state index contributed by atoms with van der Waals surface area (Å²) in [5.41, 5.74) is -0.401. The highest BCUT2D eigenvalue weighted by molar-refractivity contribution is 8.02. The Morgan fingerprint density at radius 2 is 1.08 bits per heavy atom. The van der Waals surface area contributed by atoms with Crippen LogP contribution >= 0.6 is 34.4 Å². The quantitative estimate of drug-likeness (QED) is 0.243. The molecule has 2 atom stereocenters. The zero-order valence-electron chi connectivity index (χ0n) is 23.4. The normalized spacial score (nSPS) is 21.4. The maximum atomic E-state index is 12.6. The molecule has 1 aliphatic heterocycles. The molecule has 2 aromatic rings. The van der Waals surface area contributed by atoms with Gasteiger partial charge >= 0.3 is 11.9 Å². The fourth-order valence-electron chi connectivity index (χ4n) is 4.75. The Kier molecular flexibility index (Phi) is 10.4. The first-order valence-corrected chi connectivity index (χ1v) is 15.8. The zero-order valence-corrected chi connectivity index (χ0v) is 25.9. The van der Waals surface area contributed by atoms with Gasteiger partial charge in [-0.15, -0.1) is 22.7 Å². The highest BCUT2D eigenvalue weighted by Crippen LogP contribution is 2.58. The maximum Gasteiger partial charge on any atom is 0.335 e. The van der Waals surface area contributed by atoms with Crippen molar-refractivity contribution in [2.24, 2.45) is 9.98 Å². The van der Waals surface area contributed by atoms with Crippen molar-refractivity contribution in [2.75, 3.05) is 36.0 Å². The molecule has 0 radical (unpaired) electrons. The van der Waals surface area contributed by atoms with Crippen LogP contribution in [0.3, 0.4) is 0 Å². The fourth-order valence-corrected chi connectivity index (χ4v) is 8.41. The van der Waals surface area contributed by atoms with Crippen LogP contribution in [0.2, 0.25) is 0 Å². The monoisotopic (exact) mass is 590 g/mol. The summed E-state index contributed by atoms with van der Waals surface area (Å²) in [6, 6.07) is 7.99. The van der Waals surface area contributed by atoms with E-state index in [1.54, 1.807) is 35.1 Å². The molecule has 1 aliphatic rings. The number of hydrogen-bond donors (Lipinski definition) is 2. The number of thioether (sulfide) groups is 1. The lowest BCUT2D eigenvalue weighted by molar-refractivity contribution is -0.136. The molecule has 0 aromatic carbocycles. The third-order valence-corrected chi connectivity index (χ3v) is 11.0. The summed E-state index contributed by atoms with van der Waals surface area (Å²) in [5, 5.41) is 22.8. The first-order valence-electron chi connectivity index (χ1n) is 13.4. The fraction of sp³-hybridized carbons (Fsp3) is 0.500. The van der Waals surface area contributed by atoms with E-state index in [-0.39, 0.29) is 11.1 Å². The maximum absolute atomic E-state index is 12.6. The molecular formula is C28H38N4O4S3. The van der Waals surface area contributed by atoms with Crippen LogP contribution in [0, 0.1) is 0 Å². The Balaban J connectivity index is 2.07. The van der Waals surface area contributed by atoms with Crippen LogP contribution in [0.15, 0.2) is 45.4 Å². The van der Waals surface area contributed by atoms with Crippen LogP contribution in [-0.4, -0.2) is 70.5 Å². The van der Waals surface area contributed by atoms with Crippen molar-refractivity contribution in [2.45, 2.75) is 64.1 Å². The number of rotatable bonds is 14. The zero-order chi connectivity index (χ0) is 28.8. The van der Waals surface area contributed by atoms with E-state index in [0.29, 0.717) is 12.8 Å². The van der Waals surface area contributed by atoms with Gasteiger partial charge in [0.1, 0.15) is 9.74 Å². The van der Waals surface area contributed by atoms with Crippen LogP contribution in [-0.2, 0) is 9.59 Å². The van der Waals surface area contributed by atoms with Crippen molar-refractivity contribution in [1.29, 1.82) is 0 Å². The number of aliphatic imine (C=N–C) groups is 2. The second-order valence-corrected chi connectivity index (χ2v) is 12.7. The van der Waals surface area contributed by atoms with Gasteiger partial charge in [0.15, 0.2) is 0 Å². The minimum atomic E-state index is -1.28. The SMILES string of the molecule is CCN(CC)c1ccc(/C=N/C2(CC)SC(CC)(/N=C/c3ccc(N(CC)CC)s3)C(C(=O)O)=C2C(=O)O)s1. The minimum absolute atomic E-state index is 0.201. The predicted octanol–water partition coefficient (Wildman–Crippen LogP) is 6.47. The summed E-state index contributed by atoms with van der Waals surface area (Å²) in [6.07, 6.45) is 3.98. The molecule has 0 saturated carbocycles. The van der Waals surface area contributed by atoms with Gasteiger partial charge in [-0.25, -0.2) is 9.59 Å². The molecule has 2 unspecified atom stereocenters. The molecule has 0 aliphatic carbocycles. The molecule has 8 nitrogen and oxygen atoms in total. The molecule has 0 spiro atoms. The van der Waals surface area contributed by atoms with Crippen molar-refractivity contribution in [3.63, 3.8) is 0 Å². The molecule has 3 heterocycles. The van der Waals surface area contributed by atoms with Crippen LogP contribution in [0.25, 0.3) is 0 Å². The van der Waals surface area contributed by atoms with Crippen molar-refractivity contribution >= 4 is 68.8 Å². The third-order valence-electron chi connectivity index (χ3n) is 6.93. The summed E-state index contributed by atoms with van der Waals surface area (Å²) >= 11 is 4.37. The van der Waals surface area contributed by atoms with E-state index in [2.05, 4.69) is 37.5 Å². The summed E-state index contributed by atoms with van der Waals surface area (Å²) in [7, 11) is 0. The molecule has 3 rings (SSSR count). The van der Waals surface area contributed by atoms with Crippen LogP contribution in [0.1, 0.15) is 64.1 Å². The standard InChI is InChI=1S/C28H38N4O4S3/c1-7-27(29-17-19-13-15-21(37-19)31(9-3)10-4)23(25(33)34)24(26(35)36)28(8-2,39-27)30-18-20-14-16-22(38-20)32(11-5)12-6/h13-18H,7-12H2,1-6H3,(H,33,34)(H,35,36)/b29-17+,30-18+. The molecule has 0 bridgehead atoms. The number of aliphatic carboxylic acids is 2. The molecule has 0 amide bonds. The number of thiophene rings is 2. The average molecular weight is 591 g/mol. The summed E-state index contributed by atoms with van der Waals surface area (Å²) in [5.74, 6) is -2.56. The van der Waals surface area contributed by atoms with Crippen LogP contribution in [0.4, 0.5) is 10.0 Å². The molecule has 39 heavy (non-hydrogen) atoms. The van der Waals surface area contributed by atoms with E-state index < -0.39 is 21.7 Å². The number of carboxylic acid groups (broad SMARTS) is 2. The number of carboxylic acids is 2. The van der Waals surface area contributed by atoms with Gasteiger partial charge < -0.3 is 20.0 Å². The van der Waals surface area contributed by atoms with Gasteiger partial charge in [-0.2, -0.15) is 0 Å². The van der Waals surface area contributed by atoms with Crippen molar-refractivity contribution < 1.29 is 19.8 Å². The van der Waals surface area contributed by atoms with Crippen molar-refractivity contribution in [3.8, 4) is 0 Å². The number of anilines is 2. The molecule has 0 saturated heterocycles. The van der Waals surface area contributed by atoms with Crippen molar-refractivity contribution in [1.82, 2.24) is 0 Å². The first-order chi connectivity index (χ1) is 18.6. The average Bonchev–Trinajstić information content (AvgIpc) is 3.65. The highest BCUT2D eigenvalue weighted by atomic mass is 32.2. The smallest absolute Gasteiger partial charge is 0.335 e. The lowest BCUT2D eigenvalue weighted by Crippen LogP contribution is -2.28. The van der Waals surface area contributed by atoms with E-state index in [9.17, 15) is 19.8 Å². The predicted molar refractivity (Wildman–Crippen MR) is 167 cm³/mol. The van der Waals surface area contributed by atoms with Gasteiger partial charge in [0, 0.05) is 48.4 Å². The Morgan fingerprint density at radius 1 is 0.718 bits per heavy atom.